The maximum atomic E-state index is 14.0. The van der Waals surface area contributed by atoms with Gasteiger partial charge in [-0.2, -0.15) is 0 Å². The highest BCUT2D eigenvalue weighted by Crippen LogP contribution is 2.28. The van der Waals surface area contributed by atoms with Crippen molar-refractivity contribution in [3.8, 4) is 5.75 Å². The van der Waals surface area contributed by atoms with Crippen molar-refractivity contribution < 1.29 is 9.53 Å². The molecule has 2 atom stereocenters. The first-order valence-electron chi connectivity index (χ1n) is 15.5. The van der Waals surface area contributed by atoms with Gasteiger partial charge < -0.3 is 19.4 Å². The molecule has 0 aromatic heterocycles. The first-order valence-corrected chi connectivity index (χ1v) is 15.5. The molecule has 0 bridgehead atoms. The third kappa shape index (κ3) is 8.71. The Morgan fingerprint density at radius 1 is 0.925 bits per heavy atom. The number of likely N-dealkylation sites (tertiary alicyclic amines) is 1. The molecule has 0 saturated carbocycles. The number of ether oxygens (including phenoxy) is 1. The average molecular weight is 549 g/mol. The summed E-state index contributed by atoms with van der Waals surface area (Å²) in [7, 11) is 2.15. The van der Waals surface area contributed by atoms with E-state index in [0.717, 1.165) is 77.2 Å². The third-order valence-electron chi connectivity index (χ3n) is 8.49. The van der Waals surface area contributed by atoms with Crippen molar-refractivity contribution in [1.29, 1.82) is 0 Å². The van der Waals surface area contributed by atoms with Crippen LogP contribution in [0.2, 0.25) is 0 Å². The Morgan fingerprint density at radius 3 is 2.35 bits per heavy atom. The summed E-state index contributed by atoms with van der Waals surface area (Å²) >= 11 is 0. The molecule has 1 amide bonds. The van der Waals surface area contributed by atoms with Crippen molar-refractivity contribution in [2.45, 2.75) is 72.1 Å². The van der Waals surface area contributed by atoms with Crippen LogP contribution in [0.5, 0.6) is 5.75 Å². The minimum atomic E-state index is -0.0265. The van der Waals surface area contributed by atoms with Crippen molar-refractivity contribution in [3.05, 3.63) is 60.2 Å². The number of rotatable bonds is 12. The minimum Gasteiger partial charge on any atom is -0.489 e. The van der Waals surface area contributed by atoms with Crippen molar-refractivity contribution in [1.82, 2.24) is 14.7 Å². The molecule has 0 spiro atoms. The molecule has 0 aliphatic carbocycles. The van der Waals surface area contributed by atoms with Gasteiger partial charge in [-0.05, 0) is 80.9 Å². The highest BCUT2D eigenvalue weighted by Gasteiger charge is 2.36. The molecule has 4 rings (SSSR count). The topological polar surface area (TPSA) is 39.3 Å². The van der Waals surface area contributed by atoms with E-state index >= 15 is 0 Å². The summed E-state index contributed by atoms with van der Waals surface area (Å²) in [5, 5.41) is 0. The Morgan fingerprint density at radius 2 is 1.65 bits per heavy atom. The van der Waals surface area contributed by atoms with Crippen LogP contribution in [0.15, 0.2) is 54.6 Å². The van der Waals surface area contributed by atoms with Crippen LogP contribution in [0.4, 0.5) is 5.69 Å². The third-order valence-corrected chi connectivity index (χ3v) is 8.49. The van der Waals surface area contributed by atoms with Crippen molar-refractivity contribution in [3.63, 3.8) is 0 Å². The molecule has 0 radical (unpaired) electrons. The Labute approximate surface area is 243 Å². The predicted molar refractivity (Wildman–Crippen MR) is 166 cm³/mol. The second-order valence-corrected chi connectivity index (χ2v) is 12.7. The molecule has 2 saturated heterocycles. The quantitative estimate of drug-likeness (QED) is 0.337. The number of amides is 1. The van der Waals surface area contributed by atoms with Crippen molar-refractivity contribution >= 4 is 11.6 Å². The summed E-state index contributed by atoms with van der Waals surface area (Å²) in [6, 6.07) is 19.2. The molecule has 2 aliphatic heterocycles. The fourth-order valence-corrected chi connectivity index (χ4v) is 5.90. The van der Waals surface area contributed by atoms with Gasteiger partial charge in [-0.15, -0.1) is 0 Å². The molecule has 2 fully saturated rings. The van der Waals surface area contributed by atoms with Gasteiger partial charge >= 0.3 is 0 Å². The van der Waals surface area contributed by atoms with Gasteiger partial charge in [-0.3, -0.25) is 9.69 Å². The zero-order valence-corrected chi connectivity index (χ0v) is 25.6. The van der Waals surface area contributed by atoms with Crippen LogP contribution in [0.3, 0.4) is 0 Å². The highest BCUT2D eigenvalue weighted by molar-refractivity contribution is 5.82. The smallest absolute Gasteiger partial charge is 0.241 e. The first kappa shape index (κ1) is 30.4. The van der Waals surface area contributed by atoms with Crippen LogP contribution in [-0.4, -0.2) is 85.6 Å². The molecule has 0 N–H and O–H groups in total. The second kappa shape index (κ2) is 14.9. The van der Waals surface area contributed by atoms with Crippen molar-refractivity contribution in [2.24, 2.45) is 11.8 Å². The molecule has 40 heavy (non-hydrogen) atoms. The van der Waals surface area contributed by atoms with Gasteiger partial charge in [-0.25, -0.2) is 0 Å². The lowest BCUT2D eigenvalue weighted by atomic mass is 9.99. The lowest BCUT2D eigenvalue weighted by molar-refractivity contribution is -0.140. The number of piperidine rings is 1. The fourth-order valence-electron chi connectivity index (χ4n) is 5.90. The van der Waals surface area contributed by atoms with E-state index in [-0.39, 0.29) is 6.04 Å². The number of piperazine rings is 1. The van der Waals surface area contributed by atoms with E-state index in [0.29, 0.717) is 30.4 Å². The number of carbonyl (C=O) groups excluding carboxylic acids is 1. The molecule has 2 aromatic carbocycles. The van der Waals surface area contributed by atoms with E-state index < -0.39 is 0 Å². The number of carbonyl (C=O) groups is 1. The number of hydrogen-bond donors (Lipinski definition) is 0. The van der Waals surface area contributed by atoms with Gasteiger partial charge in [0.1, 0.15) is 18.4 Å². The van der Waals surface area contributed by atoms with Crippen LogP contribution < -0.4 is 9.64 Å². The SMILES string of the molecule is CC(C)CCN1CCN(C)CC1C(=O)N1CCCC(N(CCC(C)C)c2ccc(OCc3ccccc3)cc2)C1. The Kier molecular flexibility index (Phi) is 11.3. The van der Waals surface area contributed by atoms with E-state index in [1.165, 1.54) is 11.3 Å². The maximum Gasteiger partial charge on any atom is 0.241 e. The van der Waals surface area contributed by atoms with E-state index in [9.17, 15) is 4.79 Å². The molecule has 2 aromatic rings. The summed E-state index contributed by atoms with van der Waals surface area (Å²) in [6.45, 7) is 16.3. The zero-order chi connectivity index (χ0) is 28.5. The molecule has 2 unspecified atom stereocenters. The van der Waals surface area contributed by atoms with Crippen LogP contribution in [0.1, 0.15) is 58.9 Å². The number of likely N-dealkylation sites (N-methyl/N-ethyl adjacent to an activating group) is 1. The van der Waals surface area contributed by atoms with Gasteiger partial charge in [0, 0.05) is 51.0 Å². The molecule has 220 valence electrons. The lowest BCUT2D eigenvalue weighted by Gasteiger charge is -2.45. The summed E-state index contributed by atoms with van der Waals surface area (Å²) in [5.74, 6) is 2.50. The lowest BCUT2D eigenvalue weighted by Crippen LogP contribution is -2.61. The summed E-state index contributed by atoms with van der Waals surface area (Å²) in [4.78, 5) is 23.5. The van der Waals surface area contributed by atoms with E-state index in [2.05, 4.69) is 90.7 Å². The molecule has 2 heterocycles. The minimum absolute atomic E-state index is 0.0265. The molecular formula is C34H52N4O2. The number of hydrogen-bond acceptors (Lipinski definition) is 5. The summed E-state index contributed by atoms with van der Waals surface area (Å²) in [5.41, 5.74) is 2.40. The second-order valence-electron chi connectivity index (χ2n) is 12.7. The monoisotopic (exact) mass is 548 g/mol. The van der Waals surface area contributed by atoms with Crippen LogP contribution in [0.25, 0.3) is 0 Å². The maximum absolute atomic E-state index is 14.0. The average Bonchev–Trinajstić information content (AvgIpc) is 2.96. The van der Waals surface area contributed by atoms with E-state index in [1.54, 1.807) is 0 Å². The molecule has 2 aliphatic rings. The van der Waals surface area contributed by atoms with Crippen molar-refractivity contribution in [2.75, 3.05) is 57.8 Å². The van der Waals surface area contributed by atoms with Crippen LogP contribution >= 0.6 is 0 Å². The van der Waals surface area contributed by atoms with Gasteiger partial charge in [0.25, 0.3) is 0 Å². The van der Waals surface area contributed by atoms with Crippen LogP contribution in [0, 0.1) is 11.8 Å². The number of anilines is 1. The normalized spacial score (nSPS) is 20.7. The largest absolute Gasteiger partial charge is 0.489 e. The van der Waals surface area contributed by atoms with Gasteiger partial charge in [0.05, 0.1) is 0 Å². The van der Waals surface area contributed by atoms with Gasteiger partial charge in [0.15, 0.2) is 0 Å². The summed E-state index contributed by atoms with van der Waals surface area (Å²) < 4.78 is 6.06. The number of benzene rings is 2. The molecule has 6 nitrogen and oxygen atoms in total. The van der Waals surface area contributed by atoms with Gasteiger partial charge in [0.2, 0.25) is 5.91 Å². The Hall–Kier alpha value is -2.57. The summed E-state index contributed by atoms with van der Waals surface area (Å²) in [6.07, 6.45) is 4.45. The van der Waals surface area contributed by atoms with E-state index in [4.69, 9.17) is 4.74 Å². The van der Waals surface area contributed by atoms with Gasteiger partial charge in [-0.1, -0.05) is 58.0 Å². The highest BCUT2D eigenvalue weighted by atomic mass is 16.5. The van der Waals surface area contributed by atoms with Crippen LogP contribution in [-0.2, 0) is 11.4 Å². The van der Waals surface area contributed by atoms with E-state index in [1.807, 2.05) is 18.2 Å². The molecular weight excluding hydrogens is 496 g/mol. The number of nitrogens with zero attached hydrogens (tertiary/aromatic N) is 4. The zero-order valence-electron chi connectivity index (χ0n) is 25.6. The first-order chi connectivity index (χ1) is 19.3. The Balaban J connectivity index is 1.44. The fraction of sp³-hybridized carbons (Fsp3) is 0.618. The molecule has 6 heteroatoms. The predicted octanol–water partition coefficient (Wildman–Crippen LogP) is 5.77. The Bertz CT molecular complexity index is 1030. The standard InChI is InChI=1S/C34H52N4O2/c1-27(2)17-20-36-23-22-35(5)25-33(36)34(39)37-19-9-12-31(24-37)38(21-18-28(3)4)30-13-15-32(16-14-30)40-26-29-10-7-6-8-11-29/h6-8,10-11,13-16,27-28,31,33H,9,12,17-26H2,1-5H3.